The predicted octanol–water partition coefficient (Wildman–Crippen LogP) is 9.29. The predicted molar refractivity (Wildman–Crippen MR) is 170 cm³/mol. The van der Waals surface area contributed by atoms with Gasteiger partial charge in [0.15, 0.2) is 0 Å². The van der Waals surface area contributed by atoms with Crippen molar-refractivity contribution < 1.29 is 0 Å². The first-order chi connectivity index (χ1) is 20.8. The maximum atomic E-state index is 10.4. The zero-order valence-electron chi connectivity index (χ0n) is 22.5. The molecule has 0 bridgehead atoms. The van der Waals surface area contributed by atoms with E-state index in [0.717, 1.165) is 55.3 Å². The standard InChI is InChI=1S/C38H22N4/c39-23-26-19-22-37(42-35-15-7-3-11-30(35)31-12-4-8-16-36(31)42)38(32(26)24-40)25-17-20-27(21-18-25)41-33-13-5-1-9-28(33)29-10-2-6-14-34(29)41/h1-22H. The van der Waals surface area contributed by atoms with Crippen LogP contribution in [0.25, 0.3) is 66.1 Å². The lowest BCUT2D eigenvalue weighted by Gasteiger charge is -2.17. The van der Waals surface area contributed by atoms with Gasteiger partial charge in [0, 0.05) is 32.8 Å². The summed E-state index contributed by atoms with van der Waals surface area (Å²) in [5.74, 6) is 0. The number of rotatable bonds is 3. The molecule has 0 atom stereocenters. The van der Waals surface area contributed by atoms with E-state index in [-0.39, 0.29) is 0 Å². The molecule has 0 aliphatic carbocycles. The third kappa shape index (κ3) is 3.33. The number of hydrogen-bond acceptors (Lipinski definition) is 2. The van der Waals surface area contributed by atoms with Gasteiger partial charge in [0.25, 0.3) is 0 Å². The van der Waals surface area contributed by atoms with Crippen molar-refractivity contribution in [3.63, 3.8) is 0 Å². The summed E-state index contributed by atoms with van der Waals surface area (Å²) in [6, 6.07) is 50.2. The van der Waals surface area contributed by atoms with E-state index in [9.17, 15) is 10.5 Å². The molecule has 0 fully saturated rings. The van der Waals surface area contributed by atoms with E-state index in [0.29, 0.717) is 11.1 Å². The summed E-state index contributed by atoms with van der Waals surface area (Å²) < 4.78 is 4.49. The molecule has 0 aliphatic heterocycles. The summed E-state index contributed by atoms with van der Waals surface area (Å²) in [5, 5.41) is 25.0. The van der Waals surface area contributed by atoms with Gasteiger partial charge in [-0.15, -0.1) is 0 Å². The first-order valence-electron chi connectivity index (χ1n) is 13.8. The Kier molecular flexibility index (Phi) is 5.22. The maximum Gasteiger partial charge on any atom is 0.101 e. The minimum Gasteiger partial charge on any atom is -0.309 e. The molecule has 0 spiro atoms. The number of benzene rings is 6. The van der Waals surface area contributed by atoms with Gasteiger partial charge < -0.3 is 9.13 Å². The van der Waals surface area contributed by atoms with Crippen molar-refractivity contribution in [1.29, 1.82) is 10.5 Å². The molecule has 4 heteroatoms. The van der Waals surface area contributed by atoms with E-state index in [4.69, 9.17) is 0 Å². The number of aromatic nitrogens is 2. The average Bonchev–Trinajstić information content (AvgIpc) is 3.57. The van der Waals surface area contributed by atoms with Gasteiger partial charge in [0.2, 0.25) is 0 Å². The van der Waals surface area contributed by atoms with Gasteiger partial charge in [-0.3, -0.25) is 0 Å². The molecule has 0 amide bonds. The minimum absolute atomic E-state index is 0.364. The number of nitriles is 2. The second kappa shape index (κ2) is 9.24. The van der Waals surface area contributed by atoms with E-state index >= 15 is 0 Å². The molecule has 0 saturated carbocycles. The summed E-state index contributed by atoms with van der Waals surface area (Å²) in [4.78, 5) is 0. The van der Waals surface area contributed by atoms with E-state index in [1.807, 2.05) is 30.3 Å². The molecule has 0 N–H and O–H groups in total. The van der Waals surface area contributed by atoms with Crippen LogP contribution in [0, 0.1) is 22.7 Å². The monoisotopic (exact) mass is 534 g/mol. The highest BCUT2D eigenvalue weighted by Crippen LogP contribution is 2.39. The van der Waals surface area contributed by atoms with E-state index < -0.39 is 0 Å². The van der Waals surface area contributed by atoms with Crippen molar-refractivity contribution in [2.75, 3.05) is 0 Å². The third-order valence-corrected chi connectivity index (χ3v) is 8.23. The molecular formula is C38H22N4. The molecule has 0 aliphatic rings. The van der Waals surface area contributed by atoms with Gasteiger partial charge in [-0.1, -0.05) is 84.9 Å². The van der Waals surface area contributed by atoms with Gasteiger partial charge in [-0.05, 0) is 54.1 Å². The van der Waals surface area contributed by atoms with Crippen LogP contribution in [-0.2, 0) is 0 Å². The topological polar surface area (TPSA) is 57.4 Å². The summed E-state index contributed by atoms with van der Waals surface area (Å²) in [5.41, 5.74) is 8.65. The fourth-order valence-corrected chi connectivity index (χ4v) is 6.44. The zero-order chi connectivity index (χ0) is 28.2. The highest BCUT2D eigenvalue weighted by molar-refractivity contribution is 6.10. The van der Waals surface area contributed by atoms with Gasteiger partial charge in [0.1, 0.15) is 12.1 Å². The molecular weight excluding hydrogens is 512 g/mol. The van der Waals surface area contributed by atoms with Crippen molar-refractivity contribution in [3.8, 4) is 34.6 Å². The molecule has 8 aromatic rings. The Morgan fingerprint density at radius 3 is 1.33 bits per heavy atom. The van der Waals surface area contributed by atoms with Gasteiger partial charge in [0.05, 0.1) is 38.9 Å². The Bertz CT molecular complexity index is 2320. The van der Waals surface area contributed by atoms with E-state index in [2.05, 4.69) is 118 Å². The highest BCUT2D eigenvalue weighted by atomic mass is 15.0. The SMILES string of the molecule is N#Cc1ccc(-n2c3ccccc3c3ccccc32)c(-c2ccc(-n3c4ccccc4c4ccccc43)cc2)c1C#N. The summed E-state index contributed by atoms with van der Waals surface area (Å²) in [7, 11) is 0. The summed E-state index contributed by atoms with van der Waals surface area (Å²) >= 11 is 0. The minimum atomic E-state index is 0.364. The molecule has 6 aromatic carbocycles. The first kappa shape index (κ1) is 23.8. The molecule has 0 saturated heterocycles. The van der Waals surface area contributed by atoms with E-state index in [1.54, 1.807) is 6.07 Å². The number of para-hydroxylation sites is 4. The molecule has 0 unspecified atom stereocenters. The van der Waals surface area contributed by atoms with E-state index in [1.165, 1.54) is 10.8 Å². The smallest absolute Gasteiger partial charge is 0.101 e. The Hall–Kier alpha value is -6.10. The lowest BCUT2D eigenvalue weighted by Crippen LogP contribution is -2.02. The Labute approximate surface area is 242 Å². The van der Waals surface area contributed by atoms with Crippen LogP contribution in [0.5, 0.6) is 0 Å². The van der Waals surface area contributed by atoms with Gasteiger partial charge >= 0.3 is 0 Å². The Balaban J connectivity index is 1.39. The fraction of sp³-hybridized carbons (Fsp3) is 0. The number of fused-ring (bicyclic) bond motifs is 6. The van der Waals surface area contributed by atoms with Crippen LogP contribution in [-0.4, -0.2) is 9.13 Å². The first-order valence-corrected chi connectivity index (χ1v) is 13.8. The zero-order valence-corrected chi connectivity index (χ0v) is 22.5. The van der Waals surface area contributed by atoms with Crippen LogP contribution in [0.3, 0.4) is 0 Å². The molecule has 8 rings (SSSR count). The van der Waals surface area contributed by atoms with Crippen LogP contribution >= 0.6 is 0 Å². The lowest BCUT2D eigenvalue weighted by atomic mass is 9.94. The maximum absolute atomic E-state index is 10.4. The summed E-state index contributed by atoms with van der Waals surface area (Å²) in [6.07, 6.45) is 0. The third-order valence-electron chi connectivity index (χ3n) is 8.23. The normalized spacial score (nSPS) is 11.3. The highest BCUT2D eigenvalue weighted by Gasteiger charge is 2.21. The van der Waals surface area contributed by atoms with Crippen LogP contribution in [0.15, 0.2) is 133 Å². The van der Waals surface area contributed by atoms with Crippen molar-refractivity contribution in [2.45, 2.75) is 0 Å². The van der Waals surface area contributed by atoms with Crippen molar-refractivity contribution >= 4 is 43.6 Å². The van der Waals surface area contributed by atoms with Crippen LogP contribution in [0.2, 0.25) is 0 Å². The molecule has 194 valence electrons. The molecule has 0 radical (unpaired) electrons. The average molecular weight is 535 g/mol. The molecule has 4 nitrogen and oxygen atoms in total. The fourth-order valence-electron chi connectivity index (χ4n) is 6.44. The van der Waals surface area contributed by atoms with Gasteiger partial charge in [-0.25, -0.2) is 0 Å². The molecule has 2 aromatic heterocycles. The molecule has 42 heavy (non-hydrogen) atoms. The van der Waals surface area contributed by atoms with Crippen molar-refractivity contribution in [2.24, 2.45) is 0 Å². The van der Waals surface area contributed by atoms with Crippen molar-refractivity contribution in [3.05, 3.63) is 145 Å². The second-order valence-corrected chi connectivity index (χ2v) is 10.4. The van der Waals surface area contributed by atoms with Crippen LogP contribution in [0.1, 0.15) is 11.1 Å². The van der Waals surface area contributed by atoms with Crippen LogP contribution in [0.4, 0.5) is 0 Å². The number of nitrogens with zero attached hydrogens (tertiary/aromatic N) is 4. The second-order valence-electron chi connectivity index (χ2n) is 10.4. The largest absolute Gasteiger partial charge is 0.309 e. The van der Waals surface area contributed by atoms with Gasteiger partial charge in [-0.2, -0.15) is 10.5 Å². The van der Waals surface area contributed by atoms with Crippen molar-refractivity contribution in [1.82, 2.24) is 9.13 Å². The summed E-state index contributed by atoms with van der Waals surface area (Å²) in [6.45, 7) is 0. The Morgan fingerprint density at radius 1 is 0.429 bits per heavy atom. The quantitative estimate of drug-likeness (QED) is 0.227. The lowest BCUT2D eigenvalue weighted by molar-refractivity contribution is 1.17. The number of hydrogen-bond donors (Lipinski definition) is 0. The van der Waals surface area contributed by atoms with Crippen LogP contribution < -0.4 is 0 Å². The Morgan fingerprint density at radius 2 is 0.881 bits per heavy atom. The molecule has 2 heterocycles.